The highest BCUT2D eigenvalue weighted by atomic mass is 16.5. The number of benzene rings is 2. The molecule has 0 aliphatic rings. The third kappa shape index (κ3) is 6.39. The Bertz CT molecular complexity index is 770. The molecule has 2 rings (SSSR count). The average Bonchev–Trinajstić information content (AvgIpc) is 2.72. The maximum Gasteiger partial charge on any atom is 0.338 e. The number of nitrogens with zero attached hydrogens (tertiary/aromatic N) is 1. The highest BCUT2D eigenvalue weighted by molar-refractivity contribution is 5.94. The smallest absolute Gasteiger partial charge is 0.338 e. The SMILES string of the molecule is CCN(CC)CCOC(=O)c1ccc(NC(=O)Cc2ccccc2OC)cc1. The molecule has 0 atom stereocenters. The maximum atomic E-state index is 12.3. The molecule has 0 fully saturated rings. The van der Waals surface area contributed by atoms with Gasteiger partial charge in [-0.15, -0.1) is 0 Å². The molecule has 1 N–H and O–H groups in total. The molecule has 2 aromatic rings. The summed E-state index contributed by atoms with van der Waals surface area (Å²) < 4.78 is 10.6. The lowest BCUT2D eigenvalue weighted by molar-refractivity contribution is -0.115. The van der Waals surface area contributed by atoms with Gasteiger partial charge in [0.05, 0.1) is 19.1 Å². The van der Waals surface area contributed by atoms with Crippen LogP contribution in [0.4, 0.5) is 5.69 Å². The third-order valence-corrected chi connectivity index (χ3v) is 4.48. The second-order valence-corrected chi connectivity index (χ2v) is 6.28. The lowest BCUT2D eigenvalue weighted by Gasteiger charge is -2.17. The van der Waals surface area contributed by atoms with Crippen LogP contribution in [0.3, 0.4) is 0 Å². The molecule has 28 heavy (non-hydrogen) atoms. The quantitative estimate of drug-likeness (QED) is 0.636. The predicted molar refractivity (Wildman–Crippen MR) is 110 cm³/mol. The van der Waals surface area contributed by atoms with Crippen LogP contribution in [0.2, 0.25) is 0 Å². The van der Waals surface area contributed by atoms with Crippen LogP contribution in [0.15, 0.2) is 48.5 Å². The van der Waals surface area contributed by atoms with Crippen LogP contribution >= 0.6 is 0 Å². The van der Waals surface area contributed by atoms with Crippen LogP contribution in [0, 0.1) is 0 Å². The molecule has 0 radical (unpaired) electrons. The second kappa shape index (κ2) is 11.1. The molecule has 6 nitrogen and oxygen atoms in total. The summed E-state index contributed by atoms with van der Waals surface area (Å²) >= 11 is 0. The number of hydrogen-bond donors (Lipinski definition) is 1. The molecule has 0 aromatic heterocycles. The van der Waals surface area contributed by atoms with E-state index in [4.69, 9.17) is 9.47 Å². The van der Waals surface area contributed by atoms with Gasteiger partial charge in [-0.05, 0) is 43.4 Å². The first-order valence-electron chi connectivity index (χ1n) is 9.48. The van der Waals surface area contributed by atoms with E-state index in [0.29, 0.717) is 23.6 Å². The number of nitrogens with one attached hydrogen (secondary N) is 1. The standard InChI is InChI=1S/C22H28N2O4/c1-4-24(5-2)14-15-28-22(26)17-10-12-19(13-11-17)23-21(25)16-18-8-6-7-9-20(18)27-3/h6-13H,4-5,14-16H2,1-3H3,(H,23,25). The lowest BCUT2D eigenvalue weighted by Crippen LogP contribution is -2.27. The van der Waals surface area contributed by atoms with E-state index >= 15 is 0 Å². The van der Waals surface area contributed by atoms with Crippen molar-refractivity contribution in [2.24, 2.45) is 0 Å². The van der Waals surface area contributed by atoms with E-state index in [1.54, 1.807) is 31.4 Å². The Morgan fingerprint density at radius 3 is 2.32 bits per heavy atom. The van der Waals surface area contributed by atoms with E-state index < -0.39 is 0 Å². The summed E-state index contributed by atoms with van der Waals surface area (Å²) in [6.07, 6.45) is 0.208. The van der Waals surface area contributed by atoms with E-state index in [-0.39, 0.29) is 18.3 Å². The van der Waals surface area contributed by atoms with Crippen LogP contribution in [0.25, 0.3) is 0 Å². The minimum absolute atomic E-state index is 0.154. The second-order valence-electron chi connectivity index (χ2n) is 6.28. The molecule has 6 heteroatoms. The highest BCUT2D eigenvalue weighted by Gasteiger charge is 2.11. The van der Waals surface area contributed by atoms with Gasteiger partial charge in [0.2, 0.25) is 5.91 Å². The molecular formula is C22H28N2O4. The molecule has 0 saturated carbocycles. The number of ether oxygens (including phenoxy) is 2. The fourth-order valence-corrected chi connectivity index (χ4v) is 2.81. The first-order valence-corrected chi connectivity index (χ1v) is 9.48. The van der Waals surface area contributed by atoms with Gasteiger partial charge in [0.25, 0.3) is 0 Å². The van der Waals surface area contributed by atoms with Gasteiger partial charge in [0.1, 0.15) is 12.4 Å². The van der Waals surface area contributed by atoms with Crippen LogP contribution in [0.5, 0.6) is 5.75 Å². The molecule has 0 unspecified atom stereocenters. The van der Waals surface area contributed by atoms with Gasteiger partial charge >= 0.3 is 5.97 Å². The number of rotatable bonds is 10. The summed E-state index contributed by atoms with van der Waals surface area (Å²) in [5.74, 6) is 0.165. The number of carbonyl (C=O) groups excluding carboxylic acids is 2. The molecule has 0 spiro atoms. The Balaban J connectivity index is 1.86. The number of amides is 1. The van der Waals surface area contributed by atoms with E-state index in [1.165, 1.54) is 0 Å². The molecule has 0 aliphatic heterocycles. The molecule has 1 amide bonds. The maximum absolute atomic E-state index is 12.3. The molecule has 0 heterocycles. The summed E-state index contributed by atoms with van der Waals surface area (Å²) in [4.78, 5) is 26.6. The van der Waals surface area contributed by atoms with Crippen molar-refractivity contribution in [3.8, 4) is 5.75 Å². The Labute approximate surface area is 166 Å². The molecule has 0 aliphatic carbocycles. The van der Waals surface area contributed by atoms with Crippen molar-refractivity contribution in [1.82, 2.24) is 4.90 Å². The number of esters is 1. The minimum atomic E-state index is -0.362. The zero-order valence-electron chi connectivity index (χ0n) is 16.7. The number of methoxy groups -OCH3 is 1. The van der Waals surface area contributed by atoms with Crippen molar-refractivity contribution < 1.29 is 19.1 Å². The summed E-state index contributed by atoms with van der Waals surface area (Å²) in [5.41, 5.74) is 1.90. The summed E-state index contributed by atoms with van der Waals surface area (Å²) in [7, 11) is 1.58. The van der Waals surface area contributed by atoms with Gasteiger partial charge in [-0.25, -0.2) is 4.79 Å². The fourth-order valence-electron chi connectivity index (χ4n) is 2.81. The Morgan fingerprint density at radius 2 is 1.68 bits per heavy atom. The average molecular weight is 384 g/mol. The van der Waals surface area contributed by atoms with Gasteiger partial charge in [0.15, 0.2) is 0 Å². The van der Waals surface area contributed by atoms with E-state index in [9.17, 15) is 9.59 Å². The van der Waals surface area contributed by atoms with Crippen LogP contribution in [-0.4, -0.2) is 50.1 Å². The summed E-state index contributed by atoms with van der Waals surface area (Å²) in [5, 5.41) is 2.83. The monoisotopic (exact) mass is 384 g/mol. The van der Waals surface area contributed by atoms with Crippen molar-refractivity contribution in [1.29, 1.82) is 0 Å². The first kappa shape index (κ1) is 21.4. The van der Waals surface area contributed by atoms with Gasteiger partial charge in [-0.2, -0.15) is 0 Å². The molecule has 150 valence electrons. The summed E-state index contributed by atoms with van der Waals surface area (Å²) in [6.45, 7) is 7.08. The van der Waals surface area contributed by atoms with Gasteiger partial charge in [0, 0.05) is 17.8 Å². The molecular weight excluding hydrogens is 356 g/mol. The first-order chi connectivity index (χ1) is 13.6. The largest absolute Gasteiger partial charge is 0.496 e. The Morgan fingerprint density at radius 1 is 1.00 bits per heavy atom. The molecule has 2 aromatic carbocycles. The van der Waals surface area contributed by atoms with Crippen LogP contribution in [-0.2, 0) is 16.0 Å². The molecule has 0 bridgehead atoms. The Hall–Kier alpha value is -2.86. The minimum Gasteiger partial charge on any atom is -0.496 e. The van der Waals surface area contributed by atoms with Crippen molar-refractivity contribution >= 4 is 17.6 Å². The predicted octanol–water partition coefficient (Wildman–Crippen LogP) is 3.38. The van der Waals surface area contributed by atoms with Crippen LogP contribution in [0.1, 0.15) is 29.8 Å². The van der Waals surface area contributed by atoms with Crippen molar-refractivity contribution in [2.45, 2.75) is 20.3 Å². The normalized spacial score (nSPS) is 10.6. The van der Waals surface area contributed by atoms with Crippen molar-refractivity contribution in [3.05, 3.63) is 59.7 Å². The summed E-state index contributed by atoms with van der Waals surface area (Å²) in [6, 6.07) is 14.1. The molecule has 0 saturated heterocycles. The van der Waals surface area contributed by atoms with E-state index in [1.807, 2.05) is 24.3 Å². The highest BCUT2D eigenvalue weighted by Crippen LogP contribution is 2.18. The van der Waals surface area contributed by atoms with Crippen LogP contribution < -0.4 is 10.1 Å². The van der Waals surface area contributed by atoms with Gasteiger partial charge in [-0.3, -0.25) is 4.79 Å². The number of likely N-dealkylation sites (N-methyl/N-ethyl adjacent to an activating group) is 1. The zero-order chi connectivity index (χ0) is 20.4. The lowest BCUT2D eigenvalue weighted by atomic mass is 10.1. The number of carbonyl (C=O) groups is 2. The number of hydrogen-bond acceptors (Lipinski definition) is 5. The van der Waals surface area contributed by atoms with Crippen molar-refractivity contribution in [3.63, 3.8) is 0 Å². The van der Waals surface area contributed by atoms with Gasteiger partial charge < -0.3 is 19.7 Å². The fraction of sp³-hybridized carbons (Fsp3) is 0.364. The van der Waals surface area contributed by atoms with E-state index in [2.05, 4.69) is 24.1 Å². The van der Waals surface area contributed by atoms with Gasteiger partial charge in [-0.1, -0.05) is 32.0 Å². The van der Waals surface area contributed by atoms with Crippen molar-refractivity contribution in [2.75, 3.05) is 38.7 Å². The zero-order valence-corrected chi connectivity index (χ0v) is 16.7. The number of anilines is 1. The Kier molecular flexibility index (Phi) is 8.49. The topological polar surface area (TPSA) is 67.9 Å². The third-order valence-electron chi connectivity index (χ3n) is 4.48. The number of para-hydroxylation sites is 1. The van der Waals surface area contributed by atoms with E-state index in [0.717, 1.165) is 25.2 Å².